The maximum Gasteiger partial charge on any atom is 0.200 e. The van der Waals surface area contributed by atoms with E-state index in [-0.39, 0.29) is 16.3 Å². The van der Waals surface area contributed by atoms with Gasteiger partial charge < -0.3 is 13.3 Å². The first-order valence-electron chi connectivity index (χ1n) is 45.0. The zero-order valence-electron chi connectivity index (χ0n) is 73.1. The smallest absolute Gasteiger partial charge is 0.200 e. The predicted octanol–water partition coefficient (Wildman–Crippen LogP) is 32.0. The third kappa shape index (κ3) is 17.0. The van der Waals surface area contributed by atoms with E-state index in [0.29, 0.717) is 65.8 Å². The second-order valence-corrected chi connectivity index (χ2v) is 33.4. The molecule has 0 saturated carbocycles. The number of hydrogen-bond acceptors (Lipinski definition) is 9. The van der Waals surface area contributed by atoms with Crippen LogP contribution in [0.3, 0.4) is 0 Å². The molecule has 135 heavy (non-hydrogen) atoms. The van der Waals surface area contributed by atoms with Crippen molar-refractivity contribution in [1.29, 1.82) is 0 Å². The van der Waals surface area contributed by atoms with Crippen LogP contribution >= 0.6 is 0 Å². The molecule has 9 heteroatoms. The zero-order valence-corrected chi connectivity index (χ0v) is 73.1. The van der Waals surface area contributed by atoms with Crippen molar-refractivity contribution in [1.82, 2.24) is 15.0 Å². The van der Waals surface area contributed by atoms with Crippen molar-refractivity contribution >= 4 is 65.8 Å². The number of hydrogen-bond donors (Lipinski definition) is 0. The van der Waals surface area contributed by atoms with Crippen LogP contribution in [0.25, 0.3) is 234 Å². The number of pyridine rings is 3. The van der Waals surface area contributed by atoms with Crippen LogP contribution in [0.15, 0.2) is 519 Å². The lowest BCUT2D eigenvalue weighted by Crippen LogP contribution is -2.01. The molecular formula is C126H81N3O6. The molecule has 0 atom stereocenters. The average Bonchev–Trinajstić information content (AvgIpc) is 0.770. The summed E-state index contributed by atoms with van der Waals surface area (Å²) in [5.41, 5.74) is 34.9. The molecule has 0 bridgehead atoms. The topological polar surface area (TPSA) is 129 Å². The minimum atomic E-state index is -0.0179. The molecule has 24 aromatic rings. The number of fused-ring (bicyclic) bond motifs is 6. The molecule has 0 aliphatic rings. The lowest BCUT2D eigenvalue weighted by atomic mass is 9.89. The Morgan fingerprint density at radius 3 is 0.763 bits per heavy atom. The molecule has 6 aromatic heterocycles. The molecule has 0 fully saturated rings. The number of aromatic nitrogens is 3. The van der Waals surface area contributed by atoms with Crippen molar-refractivity contribution in [3.8, 4) is 168 Å². The highest BCUT2D eigenvalue weighted by Crippen LogP contribution is 2.44. The van der Waals surface area contributed by atoms with Gasteiger partial charge in [0, 0.05) is 33.4 Å². The molecule has 0 unspecified atom stereocenters. The number of nitrogens with zero attached hydrogens (tertiary/aromatic N) is 3. The summed E-state index contributed by atoms with van der Waals surface area (Å²) in [4.78, 5) is 54.7. The van der Waals surface area contributed by atoms with Crippen molar-refractivity contribution < 1.29 is 13.3 Å². The Morgan fingerprint density at radius 1 is 0.126 bits per heavy atom. The van der Waals surface area contributed by atoms with E-state index in [4.69, 9.17) is 28.2 Å². The monoisotopic (exact) mass is 1730 g/mol. The van der Waals surface area contributed by atoms with Crippen LogP contribution in [0, 0.1) is 0 Å². The van der Waals surface area contributed by atoms with E-state index < -0.39 is 0 Å². The quantitative estimate of drug-likeness (QED) is 0.0921. The number of para-hydroxylation sites is 3. The Labute approximate surface area is 778 Å². The minimum absolute atomic E-state index is 0.00712. The van der Waals surface area contributed by atoms with Crippen LogP contribution in [-0.4, -0.2) is 15.0 Å². The van der Waals surface area contributed by atoms with E-state index in [1.54, 1.807) is 0 Å². The van der Waals surface area contributed by atoms with E-state index in [2.05, 4.69) is 273 Å². The van der Waals surface area contributed by atoms with Crippen molar-refractivity contribution in [2.75, 3.05) is 0 Å². The van der Waals surface area contributed by atoms with Crippen LogP contribution in [0.2, 0.25) is 0 Å². The molecule has 0 aliphatic heterocycles. The molecule has 0 saturated heterocycles. The first kappa shape index (κ1) is 82.5. The molecule has 18 aromatic carbocycles. The van der Waals surface area contributed by atoms with Crippen molar-refractivity contribution in [3.05, 3.63) is 522 Å². The van der Waals surface area contributed by atoms with Gasteiger partial charge >= 0.3 is 0 Å². The van der Waals surface area contributed by atoms with Gasteiger partial charge in [0.15, 0.2) is 0 Å². The average molecular weight is 1730 g/mol. The molecule has 0 aliphatic carbocycles. The number of rotatable bonds is 15. The molecule has 636 valence electrons. The maximum absolute atomic E-state index is 13.2. The van der Waals surface area contributed by atoms with E-state index in [1.165, 1.54) is 0 Å². The van der Waals surface area contributed by atoms with Crippen molar-refractivity contribution in [2.24, 2.45) is 0 Å². The summed E-state index contributed by atoms with van der Waals surface area (Å²) in [5, 5.41) is 3.53. The molecule has 0 spiro atoms. The van der Waals surface area contributed by atoms with Crippen LogP contribution in [0.4, 0.5) is 0 Å². The number of benzene rings is 18. The van der Waals surface area contributed by atoms with E-state index >= 15 is 0 Å². The Bertz CT molecular complexity index is 8610. The fourth-order valence-corrected chi connectivity index (χ4v) is 18.1. The summed E-state index contributed by atoms with van der Waals surface area (Å²) in [6, 6.07) is 166. The summed E-state index contributed by atoms with van der Waals surface area (Å²) < 4.78 is 18.5. The molecule has 6 heterocycles. The van der Waals surface area contributed by atoms with Crippen LogP contribution in [0.1, 0.15) is 0 Å². The van der Waals surface area contributed by atoms with Crippen LogP contribution in [0.5, 0.6) is 0 Å². The Hall–Kier alpha value is -18.2. The highest BCUT2D eigenvalue weighted by molar-refractivity contribution is 5.99. The van der Waals surface area contributed by atoms with Gasteiger partial charge in [0.2, 0.25) is 16.3 Å². The lowest BCUT2D eigenvalue weighted by molar-refractivity contribution is 0.659. The Morgan fingerprint density at radius 2 is 0.356 bits per heavy atom. The third-order valence-electron chi connectivity index (χ3n) is 24.9. The highest BCUT2D eigenvalue weighted by atomic mass is 16.3. The first-order chi connectivity index (χ1) is 66.6. The van der Waals surface area contributed by atoms with E-state index in [9.17, 15) is 14.4 Å². The molecule has 0 amide bonds. The Kier molecular flexibility index (Phi) is 22.5. The normalized spacial score (nSPS) is 11.2. The van der Waals surface area contributed by atoms with Gasteiger partial charge in [0.1, 0.15) is 33.5 Å². The molecule has 0 radical (unpaired) electrons. The van der Waals surface area contributed by atoms with Gasteiger partial charge in [-0.25, -0.2) is 15.0 Å². The summed E-state index contributed by atoms with van der Waals surface area (Å²) >= 11 is 0. The molecule has 0 N–H and O–H groups in total. The van der Waals surface area contributed by atoms with Crippen LogP contribution < -0.4 is 16.3 Å². The summed E-state index contributed by atoms with van der Waals surface area (Å²) in [5.74, 6) is 0. The fraction of sp³-hybridized carbons (Fsp3) is 0. The maximum atomic E-state index is 13.2. The Balaban J connectivity index is 0.000000118. The second-order valence-electron chi connectivity index (χ2n) is 33.4. The fourth-order valence-electron chi connectivity index (χ4n) is 18.1. The summed E-state index contributed by atoms with van der Waals surface area (Å²) in [7, 11) is 0. The third-order valence-corrected chi connectivity index (χ3v) is 24.9. The lowest BCUT2D eigenvalue weighted by Gasteiger charge is -2.16. The molecule has 9 nitrogen and oxygen atoms in total. The van der Waals surface area contributed by atoms with E-state index in [0.717, 1.165) is 168 Å². The first-order valence-corrected chi connectivity index (χ1v) is 45.0. The van der Waals surface area contributed by atoms with Crippen molar-refractivity contribution in [2.45, 2.75) is 0 Å². The van der Waals surface area contributed by atoms with Gasteiger partial charge in [0.25, 0.3) is 0 Å². The van der Waals surface area contributed by atoms with Crippen molar-refractivity contribution in [3.63, 3.8) is 0 Å². The summed E-state index contributed by atoms with van der Waals surface area (Å²) in [6.45, 7) is 0. The second kappa shape index (κ2) is 36.8. The van der Waals surface area contributed by atoms with Crippen LogP contribution in [-0.2, 0) is 0 Å². The van der Waals surface area contributed by atoms with Gasteiger partial charge in [-0.15, -0.1) is 0 Å². The molecular weight excluding hydrogens is 1650 g/mol. The minimum Gasteiger partial charge on any atom is -0.456 e. The van der Waals surface area contributed by atoms with Gasteiger partial charge in [-0.3, -0.25) is 14.4 Å². The van der Waals surface area contributed by atoms with E-state index in [1.807, 2.05) is 218 Å². The molecule has 24 rings (SSSR count). The SMILES string of the molecule is O=c1c2ccccc2oc2cc(-c3ccc(-c4ccccc4-c4cc(-c5ccccc5)nc(-c5ccccc5)c4)cc3)ccc12.O=c1c2ccccc2oc2cc(-c3cccc(-c4cccc(-c5cc(-c6ccccc6)cc(-c6ccccc6)n5)c4)c3)ccc12.O=c1c2ccccc2oc2cc(-c3ccccc3-c3ccccc3-c3cc(-c4ccccc4)cc(-c4ccccc4)n3)ccc12. The zero-order chi connectivity index (χ0) is 90.5. The largest absolute Gasteiger partial charge is 0.456 e. The van der Waals surface area contributed by atoms with Gasteiger partial charge in [-0.2, -0.15) is 0 Å². The van der Waals surface area contributed by atoms with Gasteiger partial charge in [0.05, 0.1) is 66.5 Å². The summed E-state index contributed by atoms with van der Waals surface area (Å²) in [6.07, 6.45) is 0. The highest BCUT2D eigenvalue weighted by Gasteiger charge is 2.21. The predicted molar refractivity (Wildman–Crippen MR) is 555 cm³/mol. The van der Waals surface area contributed by atoms with Gasteiger partial charge in [-0.1, -0.05) is 370 Å². The standard InChI is InChI=1S/3C42H27NO2/c44-42-36-19-7-8-20-40(36)45-41-27-33(21-22-37(41)42)31-16-9-15-30(23-31)32-17-10-18-34(24-32)39-26-35(28-11-3-1-4-12-28)25-38(43-39)29-13-5-2-6-14-29;44-42-36-21-11-12-22-40(36)45-41-27-30(23-24-37(41)42)32-17-7-8-18-33(32)34-19-9-10-20-35(34)39-26-31(28-13-3-1-4-14-28)25-38(43-39)29-15-5-2-6-16-29;44-42-36-17-9-10-18-40(36)45-41-27-32(23-24-37(41)42)28-19-21-29(22-20-28)34-15-7-8-16-35(34)33-25-38(30-11-3-1-4-12-30)43-39(26-33)31-13-5-2-6-14-31/h3*1-27H. The van der Waals surface area contributed by atoms with Gasteiger partial charge in [-0.05, 0) is 221 Å².